The van der Waals surface area contributed by atoms with Gasteiger partial charge >= 0.3 is 0 Å². The summed E-state index contributed by atoms with van der Waals surface area (Å²) in [5, 5.41) is 10.5. The van der Waals surface area contributed by atoms with E-state index in [0.717, 1.165) is 19.3 Å². The zero-order valence-electron chi connectivity index (χ0n) is 9.75. The van der Waals surface area contributed by atoms with E-state index < -0.39 is 5.60 Å². The Morgan fingerprint density at radius 1 is 1.44 bits per heavy atom. The monoisotopic (exact) mass is 222 g/mol. The molecule has 1 aromatic rings. The van der Waals surface area contributed by atoms with Crippen molar-refractivity contribution in [2.75, 3.05) is 0 Å². The predicted octanol–water partition coefficient (Wildman–Crippen LogP) is 3.31. The van der Waals surface area contributed by atoms with Gasteiger partial charge < -0.3 is 5.11 Å². The van der Waals surface area contributed by atoms with Crippen LogP contribution < -0.4 is 0 Å². The van der Waals surface area contributed by atoms with E-state index in [2.05, 4.69) is 6.92 Å². The lowest BCUT2D eigenvalue weighted by molar-refractivity contribution is -0.0130. The minimum atomic E-state index is -0.695. The van der Waals surface area contributed by atoms with Crippen molar-refractivity contribution in [3.63, 3.8) is 0 Å². The van der Waals surface area contributed by atoms with Gasteiger partial charge in [-0.2, -0.15) is 0 Å². The summed E-state index contributed by atoms with van der Waals surface area (Å²) in [6.45, 7) is 2.16. The van der Waals surface area contributed by atoms with E-state index in [1.807, 2.05) is 6.07 Å². The summed E-state index contributed by atoms with van der Waals surface area (Å²) in [6, 6.07) is 6.75. The molecular weight excluding hydrogens is 203 g/mol. The van der Waals surface area contributed by atoms with Gasteiger partial charge in [0, 0.05) is 6.42 Å². The highest BCUT2D eigenvalue weighted by Gasteiger charge is 2.33. The molecule has 0 heterocycles. The second-order valence-electron chi connectivity index (χ2n) is 5.19. The van der Waals surface area contributed by atoms with E-state index in [1.54, 1.807) is 12.1 Å². The predicted molar refractivity (Wildman–Crippen MR) is 62.7 cm³/mol. The van der Waals surface area contributed by atoms with Gasteiger partial charge in [-0.15, -0.1) is 0 Å². The summed E-state index contributed by atoms with van der Waals surface area (Å²) in [5.74, 6) is 0.347. The van der Waals surface area contributed by atoms with Crippen molar-refractivity contribution in [1.82, 2.24) is 0 Å². The lowest BCUT2D eigenvalue weighted by Crippen LogP contribution is -2.37. The first-order chi connectivity index (χ1) is 7.59. The standard InChI is InChI=1S/C14H19FO/c1-11-5-4-8-14(16,9-11)10-12-6-2-3-7-13(12)15/h2-3,6-7,11,16H,4-5,8-10H2,1H3. The molecule has 0 amide bonds. The topological polar surface area (TPSA) is 20.2 Å². The van der Waals surface area contributed by atoms with Gasteiger partial charge in [0.05, 0.1) is 5.60 Å². The maximum atomic E-state index is 13.5. The van der Waals surface area contributed by atoms with Crippen molar-refractivity contribution < 1.29 is 9.50 Å². The Kier molecular flexibility index (Phi) is 3.29. The van der Waals surface area contributed by atoms with Crippen LogP contribution in [0.4, 0.5) is 4.39 Å². The highest BCUT2D eigenvalue weighted by atomic mass is 19.1. The smallest absolute Gasteiger partial charge is 0.126 e. The lowest BCUT2D eigenvalue weighted by Gasteiger charge is -2.35. The van der Waals surface area contributed by atoms with Gasteiger partial charge in [0.2, 0.25) is 0 Å². The van der Waals surface area contributed by atoms with Crippen LogP contribution in [0, 0.1) is 11.7 Å². The van der Waals surface area contributed by atoms with Gasteiger partial charge in [-0.3, -0.25) is 0 Å². The molecule has 1 saturated carbocycles. The number of benzene rings is 1. The fraction of sp³-hybridized carbons (Fsp3) is 0.571. The average Bonchev–Trinajstić information content (AvgIpc) is 2.21. The first-order valence-corrected chi connectivity index (χ1v) is 6.05. The molecule has 1 N–H and O–H groups in total. The van der Waals surface area contributed by atoms with Crippen LogP contribution in [0.3, 0.4) is 0 Å². The van der Waals surface area contributed by atoms with Crippen molar-refractivity contribution in [1.29, 1.82) is 0 Å². The Hall–Kier alpha value is -0.890. The quantitative estimate of drug-likeness (QED) is 0.814. The summed E-state index contributed by atoms with van der Waals surface area (Å²) < 4.78 is 13.5. The van der Waals surface area contributed by atoms with Crippen LogP contribution in [-0.2, 0) is 6.42 Å². The Labute approximate surface area is 96.3 Å². The van der Waals surface area contributed by atoms with E-state index in [0.29, 0.717) is 17.9 Å². The van der Waals surface area contributed by atoms with Crippen LogP contribution in [0.5, 0.6) is 0 Å². The Morgan fingerprint density at radius 3 is 2.88 bits per heavy atom. The molecule has 1 aliphatic rings. The molecule has 1 fully saturated rings. The van der Waals surface area contributed by atoms with Gasteiger partial charge in [0.15, 0.2) is 0 Å². The zero-order chi connectivity index (χ0) is 11.6. The Morgan fingerprint density at radius 2 is 2.19 bits per heavy atom. The summed E-state index contributed by atoms with van der Waals surface area (Å²) in [6.07, 6.45) is 4.27. The average molecular weight is 222 g/mol. The lowest BCUT2D eigenvalue weighted by atomic mass is 9.76. The second-order valence-corrected chi connectivity index (χ2v) is 5.19. The number of rotatable bonds is 2. The van der Waals surface area contributed by atoms with Crippen LogP contribution in [-0.4, -0.2) is 10.7 Å². The van der Waals surface area contributed by atoms with Crippen molar-refractivity contribution in [3.8, 4) is 0 Å². The SMILES string of the molecule is CC1CCCC(O)(Cc2ccccc2F)C1. The molecule has 2 unspecified atom stereocenters. The van der Waals surface area contributed by atoms with Crippen LogP contribution in [0.1, 0.15) is 38.2 Å². The first-order valence-electron chi connectivity index (χ1n) is 6.05. The molecule has 0 saturated heterocycles. The highest BCUT2D eigenvalue weighted by molar-refractivity contribution is 5.19. The van der Waals surface area contributed by atoms with Crippen LogP contribution in [0.2, 0.25) is 0 Å². The minimum absolute atomic E-state index is 0.200. The Balaban J connectivity index is 2.11. The highest BCUT2D eigenvalue weighted by Crippen LogP contribution is 2.34. The molecule has 0 radical (unpaired) electrons. The fourth-order valence-corrected chi connectivity index (χ4v) is 2.79. The minimum Gasteiger partial charge on any atom is -0.390 e. The summed E-state index contributed by atoms with van der Waals surface area (Å²) in [5.41, 5.74) is -0.0565. The molecule has 2 heteroatoms. The van der Waals surface area contributed by atoms with Crippen molar-refractivity contribution in [3.05, 3.63) is 35.6 Å². The van der Waals surface area contributed by atoms with Gasteiger partial charge in [0.25, 0.3) is 0 Å². The van der Waals surface area contributed by atoms with Crippen molar-refractivity contribution in [2.24, 2.45) is 5.92 Å². The first kappa shape index (κ1) is 11.6. The van der Waals surface area contributed by atoms with E-state index >= 15 is 0 Å². The molecule has 1 nitrogen and oxygen atoms in total. The third-order valence-electron chi connectivity index (χ3n) is 3.54. The third kappa shape index (κ3) is 2.62. The van der Waals surface area contributed by atoms with Gasteiger partial charge in [-0.05, 0) is 30.4 Å². The maximum Gasteiger partial charge on any atom is 0.126 e. The van der Waals surface area contributed by atoms with Gasteiger partial charge in [0.1, 0.15) is 5.82 Å². The molecule has 0 bridgehead atoms. The van der Waals surface area contributed by atoms with Crippen LogP contribution in [0.15, 0.2) is 24.3 Å². The van der Waals surface area contributed by atoms with E-state index in [1.165, 1.54) is 12.5 Å². The van der Waals surface area contributed by atoms with Crippen LogP contribution in [0.25, 0.3) is 0 Å². The van der Waals surface area contributed by atoms with Gasteiger partial charge in [-0.25, -0.2) is 4.39 Å². The van der Waals surface area contributed by atoms with Gasteiger partial charge in [-0.1, -0.05) is 38.0 Å². The number of hydrogen-bond acceptors (Lipinski definition) is 1. The molecule has 0 aromatic heterocycles. The summed E-state index contributed by atoms with van der Waals surface area (Å²) in [7, 11) is 0. The fourth-order valence-electron chi connectivity index (χ4n) is 2.79. The molecule has 0 spiro atoms. The molecule has 1 aliphatic carbocycles. The molecule has 0 aliphatic heterocycles. The van der Waals surface area contributed by atoms with E-state index in [9.17, 15) is 9.50 Å². The molecule has 16 heavy (non-hydrogen) atoms. The van der Waals surface area contributed by atoms with E-state index in [-0.39, 0.29) is 5.82 Å². The normalized spacial score (nSPS) is 30.3. The van der Waals surface area contributed by atoms with Crippen molar-refractivity contribution in [2.45, 2.75) is 44.6 Å². The largest absolute Gasteiger partial charge is 0.390 e. The van der Waals surface area contributed by atoms with E-state index in [4.69, 9.17) is 0 Å². The summed E-state index contributed by atoms with van der Waals surface area (Å²) >= 11 is 0. The second kappa shape index (κ2) is 4.54. The van der Waals surface area contributed by atoms with Crippen LogP contribution >= 0.6 is 0 Å². The third-order valence-corrected chi connectivity index (χ3v) is 3.54. The summed E-state index contributed by atoms with van der Waals surface area (Å²) in [4.78, 5) is 0. The van der Waals surface area contributed by atoms with Crippen molar-refractivity contribution >= 4 is 0 Å². The molecule has 2 rings (SSSR count). The number of aliphatic hydroxyl groups is 1. The molecule has 88 valence electrons. The zero-order valence-corrected chi connectivity index (χ0v) is 9.75. The molecule has 2 atom stereocenters. The number of halogens is 1. The number of hydrogen-bond donors (Lipinski definition) is 1. The molecule has 1 aromatic carbocycles. The Bertz CT molecular complexity index is 364. The maximum absolute atomic E-state index is 13.5. The molecular formula is C14H19FO.